The third-order valence-corrected chi connectivity index (χ3v) is 3.27. The molecule has 5 heteroatoms. The Morgan fingerprint density at radius 2 is 1.90 bits per heavy atom. The molecule has 0 saturated carbocycles. The molecule has 0 fully saturated rings. The minimum absolute atomic E-state index is 0.240. The van der Waals surface area contributed by atoms with E-state index in [4.69, 9.17) is 4.74 Å². The average molecular weight is 281 g/mol. The van der Waals surface area contributed by atoms with Gasteiger partial charge in [-0.1, -0.05) is 24.3 Å². The summed E-state index contributed by atoms with van der Waals surface area (Å²) in [5.74, 6) is 0.816. The van der Waals surface area contributed by atoms with Crippen LogP contribution in [0.5, 0.6) is 5.75 Å². The molecule has 2 aromatic carbocycles. The zero-order valence-electron chi connectivity index (χ0n) is 11.8. The first-order chi connectivity index (χ1) is 10.2. The average Bonchev–Trinajstić information content (AvgIpc) is 2.90. The number of nitrogens with one attached hydrogen (secondary N) is 1. The van der Waals surface area contributed by atoms with Crippen molar-refractivity contribution in [2.45, 2.75) is 0 Å². The summed E-state index contributed by atoms with van der Waals surface area (Å²) in [5.41, 5.74) is 0.488. The van der Waals surface area contributed by atoms with Crippen LogP contribution in [0.1, 0.15) is 10.4 Å². The highest BCUT2D eigenvalue weighted by Gasteiger charge is 2.14. The number of anilines is 1. The fourth-order valence-corrected chi connectivity index (χ4v) is 2.23. The molecule has 21 heavy (non-hydrogen) atoms. The quantitative estimate of drug-likeness (QED) is 0.803. The number of benzene rings is 2. The molecular formula is C16H15N3O2. The first kappa shape index (κ1) is 13.2. The summed E-state index contributed by atoms with van der Waals surface area (Å²) in [6.07, 6.45) is 1.77. The number of rotatable bonds is 3. The fraction of sp³-hybridized carbons (Fsp3) is 0.125. The number of aromatic nitrogens is 2. The van der Waals surface area contributed by atoms with Crippen LogP contribution in [0, 0.1) is 0 Å². The molecule has 0 aliphatic heterocycles. The second-order valence-electron chi connectivity index (χ2n) is 4.73. The number of methoxy groups -OCH3 is 1. The zero-order chi connectivity index (χ0) is 14.8. The first-order valence-electron chi connectivity index (χ1n) is 6.55. The van der Waals surface area contributed by atoms with Crippen LogP contribution in [0.2, 0.25) is 0 Å². The number of nitrogens with zero attached hydrogens (tertiary/aromatic N) is 2. The van der Waals surface area contributed by atoms with Crippen LogP contribution < -0.4 is 10.1 Å². The maximum atomic E-state index is 12.4. The van der Waals surface area contributed by atoms with Gasteiger partial charge in [0, 0.05) is 19.3 Å². The third kappa shape index (κ3) is 2.58. The molecule has 5 nitrogen and oxygen atoms in total. The molecule has 0 unspecified atom stereocenters. The van der Waals surface area contributed by atoms with Crippen molar-refractivity contribution in [1.29, 1.82) is 0 Å². The smallest absolute Gasteiger partial charge is 0.260 e. The van der Waals surface area contributed by atoms with E-state index in [0.717, 1.165) is 10.8 Å². The van der Waals surface area contributed by atoms with Crippen molar-refractivity contribution < 1.29 is 9.53 Å². The standard InChI is InChI=1S/C16H15N3O2/c1-19-8-7-15(18-19)17-16(20)13-9-11-5-3-4-6-12(11)10-14(13)21-2/h3-10H,1-2H3,(H,17,18,20). The van der Waals surface area contributed by atoms with Gasteiger partial charge in [0.05, 0.1) is 12.7 Å². The molecule has 106 valence electrons. The van der Waals surface area contributed by atoms with Crippen LogP contribution >= 0.6 is 0 Å². The molecule has 3 aromatic rings. The predicted octanol–water partition coefficient (Wildman–Crippen LogP) is 2.83. The van der Waals surface area contributed by atoms with Gasteiger partial charge in [-0.3, -0.25) is 9.48 Å². The maximum absolute atomic E-state index is 12.4. The van der Waals surface area contributed by atoms with E-state index < -0.39 is 0 Å². The largest absolute Gasteiger partial charge is 0.496 e. The van der Waals surface area contributed by atoms with E-state index in [1.54, 1.807) is 31.1 Å². The van der Waals surface area contributed by atoms with E-state index in [1.165, 1.54) is 0 Å². The summed E-state index contributed by atoms with van der Waals surface area (Å²) in [4.78, 5) is 12.4. The van der Waals surface area contributed by atoms with Gasteiger partial charge in [0.15, 0.2) is 5.82 Å². The second kappa shape index (κ2) is 5.28. The lowest BCUT2D eigenvalue weighted by Crippen LogP contribution is -2.13. The van der Waals surface area contributed by atoms with Crippen LogP contribution in [-0.4, -0.2) is 22.8 Å². The number of fused-ring (bicyclic) bond motifs is 1. The summed E-state index contributed by atoms with van der Waals surface area (Å²) < 4.78 is 6.96. The highest BCUT2D eigenvalue weighted by Crippen LogP contribution is 2.26. The number of hydrogen-bond acceptors (Lipinski definition) is 3. The molecule has 3 rings (SSSR count). The molecule has 1 amide bonds. The summed E-state index contributed by atoms with van der Waals surface area (Å²) in [5, 5.41) is 8.93. The van der Waals surface area contributed by atoms with Crippen LogP contribution in [0.15, 0.2) is 48.7 Å². The van der Waals surface area contributed by atoms with Gasteiger partial charge in [0.25, 0.3) is 5.91 Å². The van der Waals surface area contributed by atoms with Gasteiger partial charge in [-0.15, -0.1) is 0 Å². The monoisotopic (exact) mass is 281 g/mol. The number of hydrogen-bond donors (Lipinski definition) is 1. The van der Waals surface area contributed by atoms with Crippen molar-refractivity contribution in [3.8, 4) is 5.75 Å². The normalized spacial score (nSPS) is 10.6. The Labute approximate surface area is 122 Å². The highest BCUT2D eigenvalue weighted by molar-refractivity contribution is 6.08. The van der Waals surface area contributed by atoms with Gasteiger partial charge >= 0.3 is 0 Å². The first-order valence-corrected chi connectivity index (χ1v) is 6.55. The van der Waals surface area contributed by atoms with Crippen molar-refractivity contribution in [3.63, 3.8) is 0 Å². The van der Waals surface area contributed by atoms with Crippen molar-refractivity contribution >= 4 is 22.5 Å². The number of carbonyl (C=O) groups is 1. The molecule has 1 N–H and O–H groups in total. The lowest BCUT2D eigenvalue weighted by Gasteiger charge is -2.10. The molecule has 0 bridgehead atoms. The molecule has 0 radical (unpaired) electrons. The summed E-state index contributed by atoms with van der Waals surface area (Å²) >= 11 is 0. The summed E-state index contributed by atoms with van der Waals surface area (Å²) in [6, 6.07) is 13.3. The van der Waals surface area contributed by atoms with Gasteiger partial charge < -0.3 is 10.1 Å². The fourth-order valence-electron chi connectivity index (χ4n) is 2.23. The van der Waals surface area contributed by atoms with E-state index in [-0.39, 0.29) is 5.91 Å². The Bertz CT molecular complexity index is 808. The maximum Gasteiger partial charge on any atom is 0.260 e. The Balaban J connectivity index is 1.99. The Kier molecular flexibility index (Phi) is 3.31. The van der Waals surface area contributed by atoms with Crippen LogP contribution in [0.25, 0.3) is 10.8 Å². The molecule has 0 spiro atoms. The molecule has 0 aliphatic carbocycles. The minimum atomic E-state index is -0.240. The predicted molar refractivity (Wildman–Crippen MR) is 81.7 cm³/mol. The number of carbonyl (C=O) groups excluding carboxylic acids is 1. The zero-order valence-corrected chi connectivity index (χ0v) is 11.8. The number of amides is 1. The summed E-state index contributed by atoms with van der Waals surface area (Å²) in [7, 11) is 3.36. The van der Waals surface area contributed by atoms with Gasteiger partial charge in [-0.25, -0.2) is 0 Å². The molecular weight excluding hydrogens is 266 g/mol. The SMILES string of the molecule is COc1cc2ccccc2cc1C(=O)Nc1ccn(C)n1. The van der Waals surface area contributed by atoms with E-state index in [1.807, 2.05) is 36.4 Å². The molecule has 1 heterocycles. The van der Waals surface area contributed by atoms with Gasteiger partial charge in [0.2, 0.25) is 0 Å². The molecule has 0 aliphatic rings. The lowest BCUT2D eigenvalue weighted by molar-refractivity contribution is 0.102. The van der Waals surface area contributed by atoms with Gasteiger partial charge in [-0.2, -0.15) is 5.10 Å². The number of aryl methyl sites for hydroxylation is 1. The van der Waals surface area contributed by atoms with E-state index in [2.05, 4.69) is 10.4 Å². The second-order valence-corrected chi connectivity index (χ2v) is 4.73. The van der Waals surface area contributed by atoms with Crippen molar-refractivity contribution in [2.24, 2.45) is 7.05 Å². The molecule has 1 aromatic heterocycles. The topological polar surface area (TPSA) is 56.1 Å². The Morgan fingerprint density at radius 3 is 2.52 bits per heavy atom. The van der Waals surface area contributed by atoms with Crippen molar-refractivity contribution in [2.75, 3.05) is 12.4 Å². The lowest BCUT2D eigenvalue weighted by atomic mass is 10.1. The van der Waals surface area contributed by atoms with Crippen LogP contribution in [-0.2, 0) is 7.05 Å². The minimum Gasteiger partial charge on any atom is -0.496 e. The summed E-state index contributed by atoms with van der Waals surface area (Å²) in [6.45, 7) is 0. The van der Waals surface area contributed by atoms with Crippen molar-refractivity contribution in [3.05, 3.63) is 54.2 Å². The van der Waals surface area contributed by atoms with E-state index in [9.17, 15) is 4.79 Å². The number of ether oxygens (including phenoxy) is 1. The Morgan fingerprint density at radius 1 is 1.19 bits per heavy atom. The third-order valence-electron chi connectivity index (χ3n) is 3.27. The van der Waals surface area contributed by atoms with Crippen LogP contribution in [0.4, 0.5) is 5.82 Å². The molecule has 0 atom stereocenters. The van der Waals surface area contributed by atoms with Crippen molar-refractivity contribution in [1.82, 2.24) is 9.78 Å². The van der Waals surface area contributed by atoms with Gasteiger partial charge in [0.1, 0.15) is 5.75 Å². The molecule has 0 saturated heterocycles. The van der Waals surface area contributed by atoms with Gasteiger partial charge in [-0.05, 0) is 22.9 Å². The van der Waals surface area contributed by atoms with Crippen LogP contribution in [0.3, 0.4) is 0 Å². The van der Waals surface area contributed by atoms with E-state index in [0.29, 0.717) is 17.1 Å². The van der Waals surface area contributed by atoms with E-state index >= 15 is 0 Å². The highest BCUT2D eigenvalue weighted by atomic mass is 16.5. The Hall–Kier alpha value is -2.82.